The van der Waals surface area contributed by atoms with E-state index in [-0.39, 0.29) is 0 Å². The van der Waals surface area contributed by atoms with Crippen LogP contribution in [0.2, 0.25) is 0 Å². The number of carboxylic acid groups (broad SMARTS) is 1. The largest absolute Gasteiger partial charge is 0.478 e. The van der Waals surface area contributed by atoms with Crippen molar-refractivity contribution in [2.24, 2.45) is 0 Å². The van der Waals surface area contributed by atoms with Crippen LogP contribution in [0.3, 0.4) is 0 Å². The van der Waals surface area contributed by atoms with E-state index in [4.69, 9.17) is 35.3 Å². The average molecular weight is 496 g/mol. The molecule has 0 saturated carbocycles. The van der Waals surface area contributed by atoms with Crippen molar-refractivity contribution in [2.75, 3.05) is 6.61 Å². The molecule has 2 N–H and O–H groups in total. The van der Waals surface area contributed by atoms with Gasteiger partial charge in [-0.1, -0.05) is 11.6 Å². The van der Waals surface area contributed by atoms with Gasteiger partial charge in [-0.2, -0.15) is 0 Å². The Labute approximate surface area is 193 Å². The Bertz CT molecular complexity index is 802. The number of hydrogen-bond donors (Lipinski definition) is 2. The number of amides is 1. The molecule has 0 aromatic carbocycles. The van der Waals surface area contributed by atoms with Gasteiger partial charge < -0.3 is 34.1 Å². The molecule has 0 bridgehead atoms. The minimum Gasteiger partial charge on any atom is -0.478 e. The summed E-state index contributed by atoms with van der Waals surface area (Å²) in [5.41, 5.74) is 0. The summed E-state index contributed by atoms with van der Waals surface area (Å²) in [7, 11) is 0. The summed E-state index contributed by atoms with van der Waals surface area (Å²) >= 11 is 6.14. The van der Waals surface area contributed by atoms with Crippen LogP contribution in [0.4, 0.5) is 0 Å². The van der Waals surface area contributed by atoms with Gasteiger partial charge in [-0.25, -0.2) is 4.79 Å². The molecule has 0 aromatic heterocycles. The van der Waals surface area contributed by atoms with Crippen LogP contribution in [0.1, 0.15) is 41.0 Å². The molecule has 1 amide bonds. The van der Waals surface area contributed by atoms with Crippen LogP contribution in [0.15, 0.2) is 0 Å². The number of hydrogen-bond acceptors (Lipinski definition) is 11. The van der Waals surface area contributed by atoms with Crippen molar-refractivity contribution in [2.45, 2.75) is 76.6 Å². The number of halogens is 1. The molecule has 1 aliphatic rings. The second-order valence-electron chi connectivity index (χ2n) is 7.22. The van der Waals surface area contributed by atoms with Gasteiger partial charge in [-0.05, 0) is 0 Å². The number of carboxylic acids is 1. The zero-order chi connectivity index (χ0) is 25.5. The molecular weight excluding hydrogens is 470 g/mol. The molecule has 33 heavy (non-hydrogen) atoms. The van der Waals surface area contributed by atoms with Gasteiger partial charge >= 0.3 is 29.8 Å². The van der Waals surface area contributed by atoms with Gasteiger partial charge in [0, 0.05) is 41.0 Å². The number of nitrogens with one attached hydrogen (secondary N) is 1. The highest BCUT2D eigenvalue weighted by Crippen LogP contribution is 2.37. The molecule has 0 aliphatic carbocycles. The molecule has 1 saturated heterocycles. The molecule has 186 valence electrons. The Morgan fingerprint density at radius 2 is 1.58 bits per heavy atom. The molecule has 1 unspecified atom stereocenters. The van der Waals surface area contributed by atoms with E-state index in [9.17, 15) is 33.9 Å². The van der Waals surface area contributed by atoms with Crippen LogP contribution in [0.5, 0.6) is 0 Å². The predicted octanol–water partition coefficient (Wildman–Crippen LogP) is -0.342. The standard InChI is InChI=1S/C19H26ClNO12/c1-8(22)21-15-13(30-10(3)24)6-19(20,18(27)28)33-17(15)16(32-12(5)26)14(31-11(4)25)7-29-9(2)23/h13-17H,6-7H2,1-5H3,(H,21,22)(H,27,28)/t13-,14+,15+,16+,17+,19?/m0/s1. The number of carbonyl (C=O) groups is 6. The van der Waals surface area contributed by atoms with Crippen LogP contribution in [-0.2, 0) is 52.5 Å². The Hall–Kier alpha value is -2.93. The SMILES string of the molecule is CC(=O)N[C@H]1[C@H]([C@H](OC(C)=O)[C@@H](COC(C)=O)OC(C)=O)OC(Cl)(C(=O)O)C[C@@H]1OC(C)=O. The second kappa shape index (κ2) is 11.8. The first kappa shape index (κ1) is 28.1. The molecule has 1 rings (SSSR count). The lowest BCUT2D eigenvalue weighted by Crippen LogP contribution is -2.67. The topological polar surface area (TPSA) is 181 Å². The fraction of sp³-hybridized carbons (Fsp3) is 0.684. The number of ether oxygens (including phenoxy) is 5. The lowest BCUT2D eigenvalue weighted by molar-refractivity contribution is -0.224. The average Bonchev–Trinajstić information content (AvgIpc) is 2.64. The molecule has 0 aromatic rings. The highest BCUT2D eigenvalue weighted by molar-refractivity contribution is 6.32. The van der Waals surface area contributed by atoms with Crippen molar-refractivity contribution in [1.29, 1.82) is 0 Å². The molecule has 13 nitrogen and oxygen atoms in total. The van der Waals surface area contributed by atoms with E-state index in [0.29, 0.717) is 0 Å². The van der Waals surface area contributed by atoms with E-state index >= 15 is 0 Å². The van der Waals surface area contributed by atoms with Crippen LogP contribution in [-0.4, -0.2) is 83.0 Å². The number of alkyl halides is 1. The molecule has 1 heterocycles. The van der Waals surface area contributed by atoms with Crippen LogP contribution < -0.4 is 5.32 Å². The monoisotopic (exact) mass is 495 g/mol. The first-order valence-corrected chi connectivity index (χ1v) is 10.1. The van der Waals surface area contributed by atoms with E-state index in [1.165, 1.54) is 0 Å². The van der Waals surface area contributed by atoms with Gasteiger partial charge in [0.2, 0.25) is 11.0 Å². The van der Waals surface area contributed by atoms with Gasteiger partial charge in [0.05, 0.1) is 6.04 Å². The summed E-state index contributed by atoms with van der Waals surface area (Å²) in [5.74, 6) is -5.63. The summed E-state index contributed by atoms with van der Waals surface area (Å²) in [6, 6.07) is -1.29. The van der Waals surface area contributed by atoms with Crippen LogP contribution in [0.25, 0.3) is 0 Å². The molecular formula is C19H26ClNO12. The van der Waals surface area contributed by atoms with Crippen LogP contribution in [0, 0.1) is 0 Å². The smallest absolute Gasteiger partial charge is 0.352 e. The second-order valence-corrected chi connectivity index (χ2v) is 7.83. The number of esters is 4. The van der Waals surface area contributed by atoms with Crippen molar-refractivity contribution < 1.29 is 57.6 Å². The molecule has 0 spiro atoms. The van der Waals surface area contributed by atoms with E-state index < -0.39 is 84.3 Å². The fourth-order valence-corrected chi connectivity index (χ4v) is 3.49. The third kappa shape index (κ3) is 8.50. The van der Waals surface area contributed by atoms with Crippen molar-refractivity contribution in [3.8, 4) is 0 Å². The van der Waals surface area contributed by atoms with Crippen molar-refractivity contribution >= 4 is 47.4 Å². The summed E-state index contributed by atoms with van der Waals surface area (Å²) in [6.45, 7) is 4.69. The quantitative estimate of drug-likeness (QED) is 0.241. The molecule has 0 radical (unpaired) electrons. The van der Waals surface area contributed by atoms with E-state index in [1.54, 1.807) is 0 Å². The first-order valence-electron chi connectivity index (χ1n) is 9.68. The third-order valence-corrected chi connectivity index (χ3v) is 4.71. The summed E-state index contributed by atoms with van der Waals surface area (Å²) < 4.78 is 26.0. The number of rotatable bonds is 9. The molecule has 1 aliphatic heterocycles. The highest BCUT2D eigenvalue weighted by atomic mass is 35.5. The van der Waals surface area contributed by atoms with Gasteiger partial charge in [-0.3, -0.25) is 24.0 Å². The number of aliphatic carboxylic acids is 1. The molecule has 6 atom stereocenters. The Kier molecular flexibility index (Phi) is 10.0. The van der Waals surface area contributed by atoms with Crippen molar-refractivity contribution in [1.82, 2.24) is 5.32 Å². The molecule has 1 fully saturated rings. The predicted molar refractivity (Wildman–Crippen MR) is 107 cm³/mol. The van der Waals surface area contributed by atoms with Gasteiger partial charge in [-0.15, -0.1) is 0 Å². The summed E-state index contributed by atoms with van der Waals surface area (Å²) in [4.78, 5) is 70.2. The van der Waals surface area contributed by atoms with Gasteiger partial charge in [0.1, 0.15) is 18.8 Å². The van der Waals surface area contributed by atoms with Crippen molar-refractivity contribution in [3.05, 3.63) is 0 Å². The van der Waals surface area contributed by atoms with Gasteiger partial charge in [0.25, 0.3) is 0 Å². The van der Waals surface area contributed by atoms with E-state index in [1.807, 2.05) is 0 Å². The lowest BCUT2D eigenvalue weighted by Gasteiger charge is -2.46. The zero-order valence-electron chi connectivity index (χ0n) is 18.6. The summed E-state index contributed by atoms with van der Waals surface area (Å²) in [6.07, 6.45) is -6.69. The minimum atomic E-state index is -2.47. The van der Waals surface area contributed by atoms with E-state index in [2.05, 4.69) is 5.32 Å². The maximum atomic E-state index is 11.9. The molecule has 14 heteroatoms. The fourth-order valence-electron chi connectivity index (χ4n) is 3.24. The number of carbonyl (C=O) groups excluding carboxylic acids is 5. The maximum absolute atomic E-state index is 11.9. The van der Waals surface area contributed by atoms with Gasteiger partial charge in [0.15, 0.2) is 12.2 Å². The minimum absolute atomic E-state index is 0.583. The Balaban J connectivity index is 3.60. The van der Waals surface area contributed by atoms with E-state index in [0.717, 1.165) is 34.6 Å². The zero-order valence-corrected chi connectivity index (χ0v) is 19.4. The summed E-state index contributed by atoms with van der Waals surface area (Å²) in [5, 5.41) is 9.60. The highest BCUT2D eigenvalue weighted by Gasteiger charge is 2.57. The van der Waals surface area contributed by atoms with Crippen LogP contribution >= 0.6 is 11.6 Å². The Morgan fingerprint density at radius 3 is 2.00 bits per heavy atom. The normalized spacial score (nSPS) is 26.2. The maximum Gasteiger partial charge on any atom is 0.352 e. The first-order chi connectivity index (χ1) is 15.2. The Morgan fingerprint density at radius 1 is 1.00 bits per heavy atom. The van der Waals surface area contributed by atoms with Crippen molar-refractivity contribution in [3.63, 3.8) is 0 Å². The lowest BCUT2D eigenvalue weighted by atomic mass is 9.89. The third-order valence-electron chi connectivity index (χ3n) is 4.31.